The lowest BCUT2D eigenvalue weighted by atomic mass is 9.92. The van der Waals surface area contributed by atoms with Crippen LogP contribution in [0.2, 0.25) is 0 Å². The zero-order valence-corrected chi connectivity index (χ0v) is 18.4. The molecule has 1 aliphatic carbocycles. The summed E-state index contributed by atoms with van der Waals surface area (Å²) in [4.78, 5) is 17.0. The molecule has 2 heterocycles. The number of anilines is 1. The Hall–Kier alpha value is -3.71. The number of hydrogen-bond acceptors (Lipinski definition) is 5. The fraction of sp³-hybridized carbons (Fsp3) is 0.269. The van der Waals surface area contributed by atoms with Gasteiger partial charge in [0.05, 0.1) is 11.9 Å². The molecule has 7 nitrogen and oxygen atoms in total. The van der Waals surface area contributed by atoms with Crippen molar-refractivity contribution in [3.8, 4) is 11.3 Å². The Kier molecular flexibility index (Phi) is 6.04. The first kappa shape index (κ1) is 21.2. The van der Waals surface area contributed by atoms with Gasteiger partial charge in [0.25, 0.3) is 5.91 Å². The smallest absolute Gasteiger partial charge is 0.251 e. The molecule has 0 atom stereocenters. The normalized spacial score (nSPS) is 18.2. The van der Waals surface area contributed by atoms with Gasteiger partial charge in [0.1, 0.15) is 5.82 Å². The molecule has 1 fully saturated rings. The van der Waals surface area contributed by atoms with Gasteiger partial charge in [0.15, 0.2) is 5.65 Å². The van der Waals surface area contributed by atoms with E-state index in [1.807, 2.05) is 77.4 Å². The molecule has 33 heavy (non-hydrogen) atoms. The van der Waals surface area contributed by atoms with Crippen LogP contribution in [0, 0.1) is 0 Å². The maximum Gasteiger partial charge on any atom is 0.251 e. The number of carbonyl (C=O) groups is 1. The standard InChI is InChI=1S/C26H28N6O/c27-21-10-12-22(13-11-21)30-24-14-15-25-28-17-23(32(25)31-24)19-6-8-20(9-7-19)26(33)29-16-18-4-2-1-3-5-18/h1-9,14-15,17,21-22H,10-13,16,27H2,(H,29,33)(H,30,31)/t21-,22-. The van der Waals surface area contributed by atoms with Gasteiger partial charge in [-0.05, 0) is 55.5 Å². The highest BCUT2D eigenvalue weighted by Gasteiger charge is 2.19. The number of hydrogen-bond donors (Lipinski definition) is 3. The minimum Gasteiger partial charge on any atom is -0.366 e. The topological polar surface area (TPSA) is 97.3 Å². The fourth-order valence-electron chi connectivity index (χ4n) is 4.29. The number of nitrogens with two attached hydrogens (primary N) is 1. The number of imidazole rings is 1. The third-order valence-corrected chi connectivity index (χ3v) is 6.22. The molecule has 1 amide bonds. The third-order valence-electron chi connectivity index (χ3n) is 6.22. The molecule has 5 rings (SSSR count). The van der Waals surface area contributed by atoms with E-state index in [-0.39, 0.29) is 5.91 Å². The minimum absolute atomic E-state index is 0.0969. The lowest BCUT2D eigenvalue weighted by Crippen LogP contribution is -2.33. The van der Waals surface area contributed by atoms with Gasteiger partial charge >= 0.3 is 0 Å². The molecule has 0 aliphatic heterocycles. The Morgan fingerprint density at radius 3 is 2.48 bits per heavy atom. The van der Waals surface area contributed by atoms with Crippen LogP contribution in [0.1, 0.15) is 41.6 Å². The highest BCUT2D eigenvalue weighted by atomic mass is 16.1. The Balaban J connectivity index is 1.29. The molecule has 4 aromatic rings. The van der Waals surface area contributed by atoms with Gasteiger partial charge in [-0.3, -0.25) is 4.79 Å². The van der Waals surface area contributed by atoms with Gasteiger partial charge in [-0.2, -0.15) is 0 Å². The average molecular weight is 441 g/mol. The highest BCUT2D eigenvalue weighted by Crippen LogP contribution is 2.24. The van der Waals surface area contributed by atoms with Crippen molar-refractivity contribution < 1.29 is 4.79 Å². The first-order valence-corrected chi connectivity index (χ1v) is 11.5. The van der Waals surface area contributed by atoms with E-state index in [0.29, 0.717) is 24.2 Å². The largest absolute Gasteiger partial charge is 0.366 e. The zero-order chi connectivity index (χ0) is 22.6. The molecular formula is C26H28N6O. The number of aromatic nitrogens is 3. The second kappa shape index (κ2) is 9.42. The van der Waals surface area contributed by atoms with Crippen LogP contribution in [0.5, 0.6) is 0 Å². The van der Waals surface area contributed by atoms with Crippen LogP contribution in [0.15, 0.2) is 72.9 Å². The Morgan fingerprint density at radius 2 is 1.73 bits per heavy atom. The minimum atomic E-state index is -0.0969. The molecule has 0 bridgehead atoms. The van der Waals surface area contributed by atoms with Crippen LogP contribution in [-0.2, 0) is 6.54 Å². The number of nitrogens with one attached hydrogen (secondary N) is 2. The molecular weight excluding hydrogens is 412 g/mol. The second-order valence-corrected chi connectivity index (χ2v) is 8.63. The van der Waals surface area contributed by atoms with Crippen molar-refractivity contribution in [3.63, 3.8) is 0 Å². The molecule has 1 aliphatic rings. The van der Waals surface area contributed by atoms with Crippen molar-refractivity contribution in [1.82, 2.24) is 19.9 Å². The first-order valence-electron chi connectivity index (χ1n) is 11.5. The predicted octanol–water partition coefficient (Wildman–Crippen LogP) is 4.01. The van der Waals surface area contributed by atoms with Crippen LogP contribution in [0.25, 0.3) is 16.9 Å². The van der Waals surface area contributed by atoms with Gasteiger partial charge in [0, 0.05) is 29.8 Å². The fourth-order valence-corrected chi connectivity index (χ4v) is 4.29. The summed E-state index contributed by atoms with van der Waals surface area (Å²) in [7, 11) is 0. The Bertz CT molecular complexity index is 1230. The van der Waals surface area contributed by atoms with Gasteiger partial charge < -0.3 is 16.4 Å². The Morgan fingerprint density at radius 1 is 0.970 bits per heavy atom. The van der Waals surface area contributed by atoms with E-state index in [2.05, 4.69) is 15.6 Å². The van der Waals surface area contributed by atoms with Crippen LogP contribution in [0.4, 0.5) is 5.82 Å². The van der Waals surface area contributed by atoms with E-state index in [9.17, 15) is 4.79 Å². The molecule has 2 aromatic carbocycles. The van der Waals surface area contributed by atoms with Gasteiger partial charge in [-0.15, -0.1) is 5.10 Å². The van der Waals surface area contributed by atoms with Crippen molar-refractivity contribution in [3.05, 3.63) is 84.1 Å². The van der Waals surface area contributed by atoms with Crippen LogP contribution < -0.4 is 16.4 Å². The van der Waals surface area contributed by atoms with Crippen LogP contribution >= 0.6 is 0 Å². The Labute approximate surface area is 193 Å². The van der Waals surface area contributed by atoms with E-state index in [1.165, 1.54) is 0 Å². The van der Waals surface area contributed by atoms with E-state index in [1.54, 1.807) is 0 Å². The number of amides is 1. The summed E-state index contributed by atoms with van der Waals surface area (Å²) >= 11 is 0. The maximum absolute atomic E-state index is 12.5. The van der Waals surface area contributed by atoms with Gasteiger partial charge in [0.2, 0.25) is 0 Å². The molecule has 168 valence electrons. The molecule has 0 saturated heterocycles. The second-order valence-electron chi connectivity index (χ2n) is 8.63. The molecule has 0 radical (unpaired) electrons. The number of nitrogens with zero attached hydrogens (tertiary/aromatic N) is 3. The molecule has 4 N–H and O–H groups in total. The predicted molar refractivity (Wildman–Crippen MR) is 130 cm³/mol. The van der Waals surface area contributed by atoms with E-state index in [0.717, 1.165) is 54.0 Å². The summed E-state index contributed by atoms with van der Waals surface area (Å²) in [6.45, 7) is 0.501. The monoisotopic (exact) mass is 440 g/mol. The zero-order valence-electron chi connectivity index (χ0n) is 18.4. The number of fused-ring (bicyclic) bond motifs is 1. The summed E-state index contributed by atoms with van der Waals surface area (Å²) in [5.41, 5.74) is 10.3. The summed E-state index contributed by atoms with van der Waals surface area (Å²) in [5, 5.41) is 11.3. The number of carbonyl (C=O) groups excluding carboxylic acids is 1. The van der Waals surface area contributed by atoms with E-state index < -0.39 is 0 Å². The quantitative estimate of drug-likeness (QED) is 0.421. The highest BCUT2D eigenvalue weighted by molar-refractivity contribution is 5.94. The van der Waals surface area contributed by atoms with Gasteiger partial charge in [-0.25, -0.2) is 9.50 Å². The molecule has 2 aromatic heterocycles. The van der Waals surface area contributed by atoms with Crippen molar-refractivity contribution >= 4 is 17.4 Å². The molecule has 0 unspecified atom stereocenters. The molecule has 1 saturated carbocycles. The average Bonchev–Trinajstić information content (AvgIpc) is 3.28. The first-order chi connectivity index (χ1) is 16.2. The third kappa shape index (κ3) is 4.88. The lowest BCUT2D eigenvalue weighted by Gasteiger charge is -2.27. The van der Waals surface area contributed by atoms with Crippen molar-refractivity contribution in [2.45, 2.75) is 44.3 Å². The summed E-state index contributed by atoms with van der Waals surface area (Å²) in [5.74, 6) is 0.736. The summed E-state index contributed by atoms with van der Waals surface area (Å²) < 4.78 is 1.85. The van der Waals surface area contributed by atoms with E-state index >= 15 is 0 Å². The number of rotatable bonds is 6. The summed E-state index contributed by atoms with van der Waals surface area (Å²) in [6.07, 6.45) is 6.02. The molecule has 0 spiro atoms. The maximum atomic E-state index is 12.5. The van der Waals surface area contributed by atoms with Gasteiger partial charge in [-0.1, -0.05) is 42.5 Å². The SMILES string of the molecule is N[C@H]1CC[C@H](Nc2ccc3ncc(-c4ccc(C(=O)NCc5ccccc5)cc4)n3n2)CC1. The van der Waals surface area contributed by atoms with E-state index in [4.69, 9.17) is 10.8 Å². The summed E-state index contributed by atoms with van der Waals surface area (Å²) in [6, 6.07) is 22.1. The molecule has 7 heteroatoms. The number of benzene rings is 2. The van der Waals surface area contributed by atoms with Crippen LogP contribution in [-0.4, -0.2) is 32.6 Å². The van der Waals surface area contributed by atoms with Crippen molar-refractivity contribution in [1.29, 1.82) is 0 Å². The lowest BCUT2D eigenvalue weighted by molar-refractivity contribution is 0.0951. The van der Waals surface area contributed by atoms with Crippen molar-refractivity contribution in [2.75, 3.05) is 5.32 Å². The van der Waals surface area contributed by atoms with Crippen LogP contribution in [0.3, 0.4) is 0 Å². The van der Waals surface area contributed by atoms with Crippen molar-refractivity contribution in [2.24, 2.45) is 5.73 Å².